The average molecular weight is 420 g/mol. The van der Waals surface area contributed by atoms with Crippen LogP contribution in [0, 0.1) is 45.7 Å². The van der Waals surface area contributed by atoms with E-state index >= 15 is 0 Å². The molecule has 0 amide bonds. The van der Waals surface area contributed by atoms with Crippen molar-refractivity contribution in [2.24, 2.45) is 17.3 Å². The van der Waals surface area contributed by atoms with Crippen molar-refractivity contribution in [3.05, 3.63) is 71.7 Å². The molecular weight excluding hydrogens is 399 g/mol. The number of hydrogen-bond donors (Lipinski definition) is 0. The van der Waals surface area contributed by atoms with Crippen LogP contribution < -0.4 is 4.74 Å². The zero-order valence-corrected chi connectivity index (χ0v) is 17.3. The van der Waals surface area contributed by atoms with Crippen molar-refractivity contribution in [2.45, 2.75) is 20.0 Å². The third-order valence-electron chi connectivity index (χ3n) is 5.41. The molecule has 0 aliphatic heterocycles. The fourth-order valence-corrected chi connectivity index (χ4v) is 3.49. The summed E-state index contributed by atoms with van der Waals surface area (Å²) < 4.78 is 30.2. The van der Waals surface area contributed by atoms with Crippen LogP contribution in [-0.2, 0) is 14.3 Å². The number of halogens is 1. The number of carbonyl (C=O) groups excluding carboxylic acids is 1. The highest BCUT2D eigenvalue weighted by molar-refractivity contribution is 5.78. The van der Waals surface area contributed by atoms with E-state index in [0.29, 0.717) is 11.3 Å². The molecule has 0 spiro atoms. The van der Waals surface area contributed by atoms with E-state index in [0.717, 1.165) is 6.07 Å². The number of ether oxygens (including phenoxy) is 3. The van der Waals surface area contributed by atoms with Gasteiger partial charge in [-0.2, -0.15) is 10.5 Å². The van der Waals surface area contributed by atoms with Crippen molar-refractivity contribution in [2.75, 3.05) is 7.11 Å². The second-order valence-electron chi connectivity index (χ2n) is 7.72. The van der Waals surface area contributed by atoms with E-state index < -0.39 is 29.2 Å². The Kier molecular flexibility index (Phi) is 6.27. The normalized spacial score (nSPS) is 20.0. The van der Waals surface area contributed by atoms with Gasteiger partial charge >= 0.3 is 5.97 Å². The molecule has 1 aliphatic rings. The van der Waals surface area contributed by atoms with E-state index in [9.17, 15) is 14.4 Å². The highest BCUT2D eigenvalue weighted by Crippen LogP contribution is 2.60. The van der Waals surface area contributed by atoms with Crippen LogP contribution in [0.1, 0.15) is 25.5 Å². The molecule has 158 valence electrons. The SMILES string of the molecule is COC(C#N)=C[C@@H]1[C@@H](C(=O)O[C@H](C#N)c2ccc(F)c(Oc3ccccc3)c2)C1(C)C. The Morgan fingerprint density at radius 3 is 2.52 bits per heavy atom. The standard InChI is InChI=1S/C24H21FN2O4/c1-24(2)18(12-17(13-26)29-3)22(24)23(28)31-21(14-27)15-9-10-19(25)20(11-15)30-16-7-5-4-6-8-16/h4-12,18,21-22H,1-3H3/t18-,21-,22+/m1/s1. The lowest BCUT2D eigenvalue weighted by Gasteiger charge is -2.14. The van der Waals surface area contributed by atoms with Crippen LogP contribution in [0.5, 0.6) is 11.5 Å². The largest absolute Gasteiger partial charge is 0.487 e. The summed E-state index contributed by atoms with van der Waals surface area (Å²) in [5.41, 5.74) is -0.148. The quantitative estimate of drug-likeness (QED) is 0.353. The Balaban J connectivity index is 1.77. The predicted octanol–water partition coefficient (Wildman–Crippen LogP) is 5.05. The van der Waals surface area contributed by atoms with Gasteiger partial charge in [0, 0.05) is 11.5 Å². The third-order valence-corrected chi connectivity index (χ3v) is 5.41. The van der Waals surface area contributed by atoms with Crippen molar-refractivity contribution in [1.82, 2.24) is 0 Å². The first-order valence-corrected chi connectivity index (χ1v) is 9.60. The van der Waals surface area contributed by atoms with E-state index in [1.807, 2.05) is 26.0 Å². The van der Waals surface area contributed by atoms with Crippen LogP contribution in [0.25, 0.3) is 0 Å². The molecule has 3 atom stereocenters. The predicted molar refractivity (Wildman–Crippen MR) is 109 cm³/mol. The van der Waals surface area contributed by atoms with E-state index in [1.165, 1.54) is 19.2 Å². The van der Waals surface area contributed by atoms with Gasteiger partial charge in [-0.15, -0.1) is 0 Å². The maximum atomic E-state index is 14.2. The van der Waals surface area contributed by atoms with Gasteiger partial charge in [0.05, 0.1) is 13.0 Å². The number of rotatable bonds is 7. The summed E-state index contributed by atoms with van der Waals surface area (Å²) in [5, 5.41) is 18.6. The first kappa shape index (κ1) is 21.9. The molecule has 1 fully saturated rings. The van der Waals surface area contributed by atoms with Crippen molar-refractivity contribution >= 4 is 5.97 Å². The molecule has 0 unspecified atom stereocenters. The van der Waals surface area contributed by atoms with Gasteiger partial charge in [-0.3, -0.25) is 4.79 Å². The lowest BCUT2D eigenvalue weighted by Crippen LogP contribution is -2.14. The smallest absolute Gasteiger partial charge is 0.311 e. The molecule has 1 saturated carbocycles. The maximum absolute atomic E-state index is 14.2. The monoisotopic (exact) mass is 420 g/mol. The van der Waals surface area contributed by atoms with Gasteiger partial charge in [0.25, 0.3) is 0 Å². The van der Waals surface area contributed by atoms with E-state index in [-0.39, 0.29) is 17.4 Å². The number of nitrogens with zero attached hydrogens (tertiary/aromatic N) is 2. The summed E-state index contributed by atoms with van der Waals surface area (Å²) in [6.07, 6.45) is 0.363. The summed E-state index contributed by atoms with van der Waals surface area (Å²) in [4.78, 5) is 12.7. The van der Waals surface area contributed by atoms with Gasteiger partial charge in [-0.25, -0.2) is 4.39 Å². The zero-order valence-electron chi connectivity index (χ0n) is 17.3. The highest BCUT2D eigenvalue weighted by atomic mass is 19.1. The molecule has 0 N–H and O–H groups in total. The fourth-order valence-electron chi connectivity index (χ4n) is 3.49. The van der Waals surface area contributed by atoms with Gasteiger partial charge in [-0.05, 0) is 35.8 Å². The molecule has 7 heteroatoms. The Labute approximate surface area is 180 Å². The van der Waals surface area contributed by atoms with Crippen LogP contribution >= 0.6 is 0 Å². The maximum Gasteiger partial charge on any atom is 0.311 e. The second-order valence-corrected chi connectivity index (χ2v) is 7.72. The van der Waals surface area contributed by atoms with Crippen molar-refractivity contribution in [1.29, 1.82) is 10.5 Å². The average Bonchev–Trinajstić information content (AvgIpc) is 3.32. The van der Waals surface area contributed by atoms with Crippen molar-refractivity contribution < 1.29 is 23.4 Å². The molecule has 0 aromatic heterocycles. The lowest BCUT2D eigenvalue weighted by atomic mass is 10.1. The highest BCUT2D eigenvalue weighted by Gasteiger charge is 2.62. The fraction of sp³-hybridized carbons (Fsp3) is 0.292. The van der Waals surface area contributed by atoms with Crippen molar-refractivity contribution in [3.63, 3.8) is 0 Å². The molecule has 0 saturated heterocycles. The Morgan fingerprint density at radius 2 is 1.90 bits per heavy atom. The molecule has 0 heterocycles. The summed E-state index contributed by atoms with van der Waals surface area (Å²) in [7, 11) is 1.38. The number of allylic oxidation sites excluding steroid dienone is 2. The number of nitriles is 2. The molecule has 0 bridgehead atoms. The Hall–Kier alpha value is -3.84. The number of hydrogen-bond acceptors (Lipinski definition) is 6. The molecule has 0 radical (unpaired) electrons. The third kappa shape index (κ3) is 4.67. The summed E-state index contributed by atoms with van der Waals surface area (Å²) in [6.45, 7) is 3.74. The molecule has 1 aliphatic carbocycles. The second kappa shape index (κ2) is 8.89. The molecular formula is C24H21FN2O4. The zero-order chi connectivity index (χ0) is 22.6. The minimum absolute atomic E-state index is 0.0775. The molecule has 31 heavy (non-hydrogen) atoms. The van der Waals surface area contributed by atoms with Crippen LogP contribution in [0.4, 0.5) is 4.39 Å². The number of para-hydroxylation sites is 1. The van der Waals surface area contributed by atoms with E-state index in [4.69, 9.17) is 19.5 Å². The number of carbonyl (C=O) groups is 1. The van der Waals surface area contributed by atoms with Crippen LogP contribution in [-0.4, -0.2) is 13.1 Å². The summed E-state index contributed by atoms with van der Waals surface area (Å²) in [6, 6.07) is 16.4. The first-order chi connectivity index (χ1) is 14.8. The van der Waals surface area contributed by atoms with Crippen LogP contribution in [0.15, 0.2) is 60.4 Å². The molecule has 2 aromatic carbocycles. The minimum atomic E-state index is -1.23. The van der Waals surface area contributed by atoms with Gasteiger partial charge in [0.2, 0.25) is 6.10 Å². The molecule has 2 aromatic rings. The Bertz CT molecular complexity index is 1080. The van der Waals surface area contributed by atoms with Gasteiger partial charge < -0.3 is 14.2 Å². The van der Waals surface area contributed by atoms with Crippen LogP contribution in [0.2, 0.25) is 0 Å². The molecule has 3 rings (SSSR count). The molecule has 6 nitrogen and oxygen atoms in total. The summed E-state index contributed by atoms with van der Waals surface area (Å²) >= 11 is 0. The van der Waals surface area contributed by atoms with E-state index in [1.54, 1.807) is 36.4 Å². The number of esters is 1. The van der Waals surface area contributed by atoms with Gasteiger partial charge in [-0.1, -0.05) is 38.1 Å². The number of benzene rings is 2. The van der Waals surface area contributed by atoms with Gasteiger partial charge in [0.15, 0.2) is 17.3 Å². The Morgan fingerprint density at radius 1 is 1.19 bits per heavy atom. The summed E-state index contributed by atoms with van der Waals surface area (Å²) in [5.74, 6) is -1.47. The van der Waals surface area contributed by atoms with Gasteiger partial charge in [0.1, 0.15) is 17.9 Å². The van der Waals surface area contributed by atoms with Crippen LogP contribution in [0.3, 0.4) is 0 Å². The topological polar surface area (TPSA) is 92.3 Å². The lowest BCUT2D eigenvalue weighted by molar-refractivity contribution is -0.149. The number of methoxy groups -OCH3 is 1. The van der Waals surface area contributed by atoms with E-state index in [2.05, 4.69) is 0 Å². The minimum Gasteiger partial charge on any atom is -0.487 e. The first-order valence-electron chi connectivity index (χ1n) is 9.60. The van der Waals surface area contributed by atoms with Crippen molar-refractivity contribution in [3.8, 4) is 23.6 Å².